The van der Waals surface area contributed by atoms with E-state index in [1.165, 1.54) is 6.92 Å². The molecule has 0 saturated carbocycles. The third kappa shape index (κ3) is 6.81. The van der Waals surface area contributed by atoms with E-state index in [-0.39, 0.29) is 42.8 Å². The Morgan fingerprint density at radius 3 is 1.69 bits per heavy atom. The van der Waals surface area contributed by atoms with Crippen molar-refractivity contribution in [2.75, 3.05) is 13.2 Å². The van der Waals surface area contributed by atoms with E-state index < -0.39 is 23.9 Å². The second-order valence-electron chi connectivity index (χ2n) is 2.64. The zero-order chi connectivity index (χ0) is 11.8. The fourth-order valence-corrected chi connectivity index (χ4v) is 0.869. The first-order valence-electron chi connectivity index (χ1n) is 4.63. The molecule has 0 aliphatic rings. The van der Waals surface area contributed by atoms with Crippen LogP contribution in [0.4, 0.5) is 0 Å². The maximum atomic E-state index is 11.3. The molecule has 0 fully saturated rings. The third-order valence-electron chi connectivity index (χ3n) is 1.39. The summed E-state index contributed by atoms with van der Waals surface area (Å²) >= 11 is 0. The van der Waals surface area contributed by atoms with Crippen LogP contribution in [0.15, 0.2) is 0 Å². The van der Waals surface area contributed by atoms with Gasteiger partial charge in [0, 0.05) is 6.92 Å². The van der Waals surface area contributed by atoms with E-state index in [4.69, 9.17) is 0 Å². The summed E-state index contributed by atoms with van der Waals surface area (Å²) in [6, 6.07) is -1.37. The van der Waals surface area contributed by atoms with Crippen LogP contribution in [0, 0.1) is 0 Å². The summed E-state index contributed by atoms with van der Waals surface area (Å²) in [6.45, 7) is 4.68. The van der Waals surface area contributed by atoms with E-state index in [0.29, 0.717) is 0 Å². The quantitative estimate of drug-likeness (QED) is 0.378. The molecule has 0 aromatic rings. The van der Waals surface area contributed by atoms with Crippen LogP contribution in [-0.4, -0.2) is 66.7 Å². The average Bonchev–Trinajstić information content (AvgIpc) is 2.14. The molecule has 0 aliphatic carbocycles. The standard InChI is InChI=1S/C9H15NO5.Na.H/c1-4-14-8(12)7(10-6(3)11)9(13)15-5-2;;/h7H,4-5H2,1-3H3,(H,10,11);;. The predicted octanol–water partition coefficient (Wildman–Crippen LogP) is -1.03. The van der Waals surface area contributed by atoms with Crippen molar-refractivity contribution < 1.29 is 23.9 Å². The fourth-order valence-electron chi connectivity index (χ4n) is 0.869. The van der Waals surface area contributed by atoms with Gasteiger partial charge in [0.15, 0.2) is 0 Å². The fraction of sp³-hybridized carbons (Fsp3) is 0.667. The number of hydrogen-bond acceptors (Lipinski definition) is 5. The molecule has 0 heterocycles. The summed E-state index contributed by atoms with van der Waals surface area (Å²) in [5, 5.41) is 2.16. The normalized spacial score (nSPS) is 9.00. The van der Waals surface area contributed by atoms with Crippen molar-refractivity contribution in [3.63, 3.8) is 0 Å². The van der Waals surface area contributed by atoms with Crippen molar-refractivity contribution in [3.05, 3.63) is 0 Å². The molecule has 6 nitrogen and oxygen atoms in total. The Balaban J connectivity index is 0. The Morgan fingerprint density at radius 2 is 1.44 bits per heavy atom. The first kappa shape index (κ1) is 17.8. The SMILES string of the molecule is CCOC(=O)C(NC(C)=O)C(=O)OCC.[NaH]. The minimum atomic E-state index is -1.37. The molecule has 0 unspecified atom stereocenters. The number of amides is 1. The van der Waals surface area contributed by atoms with Crippen LogP contribution in [-0.2, 0) is 23.9 Å². The molecule has 0 radical (unpaired) electrons. The van der Waals surface area contributed by atoms with E-state index in [9.17, 15) is 14.4 Å². The van der Waals surface area contributed by atoms with E-state index in [2.05, 4.69) is 14.8 Å². The minimum absolute atomic E-state index is 0. The van der Waals surface area contributed by atoms with Gasteiger partial charge in [-0.15, -0.1) is 0 Å². The van der Waals surface area contributed by atoms with Gasteiger partial charge in [-0.2, -0.15) is 0 Å². The Labute approximate surface area is 116 Å². The molecule has 0 aromatic heterocycles. The zero-order valence-electron chi connectivity index (χ0n) is 9.03. The predicted molar refractivity (Wildman–Crippen MR) is 58.0 cm³/mol. The Morgan fingerprint density at radius 1 is 1.06 bits per heavy atom. The van der Waals surface area contributed by atoms with E-state index in [1.54, 1.807) is 13.8 Å². The van der Waals surface area contributed by atoms with Gasteiger partial charge in [-0.1, -0.05) is 0 Å². The first-order chi connectivity index (χ1) is 7.02. The number of rotatable bonds is 5. The summed E-state index contributed by atoms with van der Waals surface area (Å²) in [6.07, 6.45) is 0. The molecule has 7 heteroatoms. The van der Waals surface area contributed by atoms with Crippen LogP contribution in [0.25, 0.3) is 0 Å². The molecule has 0 atom stereocenters. The topological polar surface area (TPSA) is 81.7 Å². The van der Waals surface area contributed by atoms with Gasteiger partial charge in [0.2, 0.25) is 11.9 Å². The van der Waals surface area contributed by atoms with Crippen LogP contribution in [0.1, 0.15) is 20.8 Å². The number of hydrogen-bond donors (Lipinski definition) is 1. The van der Waals surface area contributed by atoms with Crippen molar-refractivity contribution in [1.29, 1.82) is 0 Å². The molecule has 0 saturated heterocycles. The molecule has 0 spiro atoms. The number of carbonyl (C=O) groups excluding carboxylic acids is 3. The van der Waals surface area contributed by atoms with Crippen molar-refractivity contribution in [2.24, 2.45) is 0 Å². The molecule has 0 aliphatic heterocycles. The zero-order valence-corrected chi connectivity index (χ0v) is 9.03. The average molecular weight is 241 g/mol. The number of carbonyl (C=O) groups is 3. The second kappa shape index (κ2) is 9.62. The first-order valence-corrected chi connectivity index (χ1v) is 4.63. The van der Waals surface area contributed by atoms with Gasteiger partial charge in [-0.3, -0.25) is 4.79 Å². The van der Waals surface area contributed by atoms with Crippen LogP contribution in [0.3, 0.4) is 0 Å². The summed E-state index contributed by atoms with van der Waals surface area (Å²) < 4.78 is 9.24. The molecule has 16 heavy (non-hydrogen) atoms. The second-order valence-corrected chi connectivity index (χ2v) is 2.64. The van der Waals surface area contributed by atoms with Crippen molar-refractivity contribution in [2.45, 2.75) is 26.8 Å². The van der Waals surface area contributed by atoms with Gasteiger partial charge in [0.05, 0.1) is 13.2 Å². The molecule has 88 valence electrons. The summed E-state index contributed by atoms with van der Waals surface area (Å²) in [5.41, 5.74) is 0. The van der Waals surface area contributed by atoms with Crippen LogP contribution in [0.5, 0.6) is 0 Å². The molecule has 0 bridgehead atoms. The van der Waals surface area contributed by atoms with Gasteiger partial charge >= 0.3 is 41.5 Å². The number of esters is 2. The van der Waals surface area contributed by atoms with E-state index >= 15 is 0 Å². The summed E-state index contributed by atoms with van der Waals surface area (Å²) in [5.74, 6) is -2.13. The number of ether oxygens (including phenoxy) is 2. The molecular formula is C9H16NNaO5. The summed E-state index contributed by atoms with van der Waals surface area (Å²) in [7, 11) is 0. The van der Waals surface area contributed by atoms with Crippen LogP contribution >= 0.6 is 0 Å². The molecular weight excluding hydrogens is 225 g/mol. The van der Waals surface area contributed by atoms with Crippen molar-refractivity contribution in [1.82, 2.24) is 5.32 Å². The molecule has 0 aromatic carbocycles. The van der Waals surface area contributed by atoms with Gasteiger partial charge in [0.25, 0.3) is 0 Å². The monoisotopic (exact) mass is 241 g/mol. The Kier molecular flexibility index (Phi) is 10.7. The van der Waals surface area contributed by atoms with Gasteiger partial charge in [-0.05, 0) is 13.8 Å². The Bertz CT molecular complexity index is 238. The summed E-state index contributed by atoms with van der Waals surface area (Å²) in [4.78, 5) is 33.3. The molecule has 1 N–H and O–H groups in total. The van der Waals surface area contributed by atoms with Crippen molar-refractivity contribution in [3.8, 4) is 0 Å². The van der Waals surface area contributed by atoms with Gasteiger partial charge in [-0.25, -0.2) is 9.59 Å². The van der Waals surface area contributed by atoms with E-state index in [1.807, 2.05) is 0 Å². The maximum absolute atomic E-state index is 11.3. The number of nitrogens with one attached hydrogen (secondary N) is 1. The van der Waals surface area contributed by atoms with Crippen LogP contribution in [0.2, 0.25) is 0 Å². The van der Waals surface area contributed by atoms with Crippen molar-refractivity contribution >= 4 is 47.4 Å². The van der Waals surface area contributed by atoms with Crippen LogP contribution < -0.4 is 5.32 Å². The Hall–Kier alpha value is -0.590. The van der Waals surface area contributed by atoms with Gasteiger partial charge in [0.1, 0.15) is 0 Å². The molecule has 1 amide bonds. The third-order valence-corrected chi connectivity index (χ3v) is 1.39. The molecule has 0 rings (SSSR count). The van der Waals surface area contributed by atoms with Gasteiger partial charge < -0.3 is 14.8 Å². The van der Waals surface area contributed by atoms with E-state index in [0.717, 1.165) is 0 Å².